The van der Waals surface area contributed by atoms with Crippen LogP contribution in [0.25, 0.3) is 22.2 Å². The number of carbonyl (C=O) groups excluding carboxylic acids is 1. The molecule has 0 spiro atoms. The standard InChI is InChI=1S/C52H49ClN8O6S/c1-52(2)21-16-39(45(30-52)36-8-11-40(53)12-9-36)33-60-24-19-35(20-25-60)37-10-14-44(48(28-37)67-42-27-38-17-22-55-50(38)57-31-42)51(62)59-68(65,66)43-13-15-46(47(29-43)61(63)64)56-32-49-54-23-18-41(58-49)26-34-6-4-3-5-7-34/h3-15,17-19,22-23,27-29,31,56H,16,20-21,24-26,30,32-33H2,1-2H3,(H,55,57)(H,59,62). The number of ether oxygens (including phenoxy) is 1. The summed E-state index contributed by atoms with van der Waals surface area (Å²) in [6, 6.07) is 31.8. The number of halogens is 1. The van der Waals surface area contributed by atoms with Gasteiger partial charge in [0.1, 0.15) is 28.7 Å². The van der Waals surface area contributed by atoms with Crippen molar-refractivity contribution >= 4 is 61.1 Å². The van der Waals surface area contributed by atoms with Gasteiger partial charge in [-0.15, -0.1) is 0 Å². The van der Waals surface area contributed by atoms with Crippen LogP contribution in [0.1, 0.15) is 78.1 Å². The van der Waals surface area contributed by atoms with Crippen molar-refractivity contribution in [2.24, 2.45) is 5.41 Å². The molecule has 4 heterocycles. The molecule has 4 aromatic carbocycles. The van der Waals surface area contributed by atoms with Gasteiger partial charge in [0, 0.05) is 60.6 Å². The van der Waals surface area contributed by atoms with Gasteiger partial charge in [-0.3, -0.25) is 19.8 Å². The molecule has 1 aliphatic heterocycles. The highest BCUT2D eigenvalue weighted by Crippen LogP contribution is 2.44. The van der Waals surface area contributed by atoms with Crippen LogP contribution in [0.4, 0.5) is 11.4 Å². The van der Waals surface area contributed by atoms with E-state index in [1.54, 1.807) is 36.7 Å². The fourth-order valence-corrected chi connectivity index (χ4v) is 9.88. The van der Waals surface area contributed by atoms with Crippen LogP contribution in [0.3, 0.4) is 0 Å². The summed E-state index contributed by atoms with van der Waals surface area (Å²) in [4.78, 5) is 43.9. The van der Waals surface area contributed by atoms with E-state index >= 15 is 0 Å². The van der Waals surface area contributed by atoms with Crippen LogP contribution < -0.4 is 14.8 Å². The number of nitrogens with zero attached hydrogens (tertiary/aromatic N) is 5. The normalized spacial score (nSPS) is 15.2. The molecule has 0 saturated carbocycles. The van der Waals surface area contributed by atoms with Crippen molar-refractivity contribution in [2.75, 3.05) is 25.0 Å². The molecule has 2 aliphatic rings. The number of nitrogens with one attached hydrogen (secondary N) is 3. The van der Waals surface area contributed by atoms with Crippen molar-refractivity contribution in [1.82, 2.24) is 29.6 Å². The minimum atomic E-state index is -4.63. The maximum absolute atomic E-state index is 14.0. The molecule has 3 N–H and O–H groups in total. The Morgan fingerprint density at radius 3 is 2.54 bits per heavy atom. The molecule has 68 heavy (non-hydrogen) atoms. The molecule has 0 bridgehead atoms. The number of aromatic amines is 1. The van der Waals surface area contributed by atoms with E-state index in [0.717, 1.165) is 84.2 Å². The average Bonchev–Trinajstić information content (AvgIpc) is 3.80. The molecule has 14 nitrogen and oxygen atoms in total. The number of hydrogen-bond acceptors (Lipinski definition) is 11. The van der Waals surface area contributed by atoms with Crippen molar-refractivity contribution in [3.8, 4) is 11.5 Å². The van der Waals surface area contributed by atoms with E-state index in [4.69, 9.17) is 16.3 Å². The molecule has 0 atom stereocenters. The lowest BCUT2D eigenvalue weighted by atomic mass is 9.72. The quantitative estimate of drug-likeness (QED) is 0.0656. The lowest BCUT2D eigenvalue weighted by Gasteiger charge is -2.36. The van der Waals surface area contributed by atoms with Gasteiger partial charge in [-0.2, -0.15) is 0 Å². The summed E-state index contributed by atoms with van der Waals surface area (Å²) in [5, 5.41) is 16.7. The topological polar surface area (TPSA) is 185 Å². The van der Waals surface area contributed by atoms with E-state index in [1.807, 2.05) is 48.5 Å². The number of nitro benzene ring substituents is 1. The third-order valence-electron chi connectivity index (χ3n) is 12.4. The SMILES string of the molecule is CC1(C)CCC(CN2CC=C(c3ccc(C(=O)NS(=O)(=O)c4ccc(NCc5nccc(Cc6ccccc6)n5)c([N+](=O)[O-])c4)c(Oc4cnc5[nH]ccc5c4)c3)CC2)=C(c2ccc(Cl)cc2)C1. The maximum Gasteiger partial charge on any atom is 0.293 e. The molecule has 1 aliphatic carbocycles. The number of sulfonamides is 1. The number of aromatic nitrogens is 4. The lowest BCUT2D eigenvalue weighted by molar-refractivity contribution is -0.384. The van der Waals surface area contributed by atoms with Crippen molar-refractivity contribution in [1.29, 1.82) is 0 Å². The van der Waals surface area contributed by atoms with Gasteiger partial charge in [-0.05, 0) is 114 Å². The molecule has 346 valence electrons. The van der Waals surface area contributed by atoms with Crippen LogP contribution >= 0.6 is 11.6 Å². The molecule has 16 heteroatoms. The van der Waals surface area contributed by atoms with Crippen molar-refractivity contribution in [3.63, 3.8) is 0 Å². The Morgan fingerprint density at radius 2 is 1.76 bits per heavy atom. The Bertz CT molecular complexity index is 3210. The number of pyridine rings is 1. The Balaban J connectivity index is 0.931. The number of amides is 1. The molecule has 3 aromatic heterocycles. The Morgan fingerprint density at radius 1 is 0.956 bits per heavy atom. The van der Waals surface area contributed by atoms with Crippen LogP contribution in [-0.2, 0) is 23.0 Å². The van der Waals surface area contributed by atoms with E-state index in [-0.39, 0.29) is 29.0 Å². The fraction of sp³-hybridized carbons (Fsp3) is 0.231. The minimum absolute atomic E-state index is 0.0373. The van der Waals surface area contributed by atoms with Gasteiger partial charge in [-0.1, -0.05) is 85.6 Å². The van der Waals surface area contributed by atoms with Crippen molar-refractivity contribution in [2.45, 2.75) is 57.4 Å². The number of carbonyl (C=O) groups is 1. The summed E-state index contributed by atoms with van der Waals surface area (Å²) in [6.45, 7) is 7.08. The first kappa shape index (κ1) is 45.9. The number of allylic oxidation sites excluding steroid dienone is 1. The first-order chi connectivity index (χ1) is 32.7. The lowest BCUT2D eigenvalue weighted by Crippen LogP contribution is -2.32. The van der Waals surface area contributed by atoms with Crippen molar-refractivity contribution < 1.29 is 22.9 Å². The summed E-state index contributed by atoms with van der Waals surface area (Å²) in [7, 11) is -4.63. The third kappa shape index (κ3) is 10.8. The fourth-order valence-electron chi connectivity index (χ4n) is 8.77. The molecule has 9 rings (SSSR count). The number of nitro groups is 1. The second kappa shape index (κ2) is 19.6. The zero-order valence-electron chi connectivity index (χ0n) is 37.5. The molecule has 0 radical (unpaired) electrons. The number of anilines is 1. The Hall–Kier alpha value is -7.20. The second-order valence-electron chi connectivity index (χ2n) is 17.9. The second-order valence-corrected chi connectivity index (χ2v) is 20.0. The van der Waals surface area contributed by atoms with Crippen LogP contribution in [0, 0.1) is 15.5 Å². The predicted octanol–water partition coefficient (Wildman–Crippen LogP) is 10.8. The van der Waals surface area contributed by atoms with Gasteiger partial charge < -0.3 is 15.0 Å². The Labute approximate surface area is 399 Å². The highest BCUT2D eigenvalue weighted by molar-refractivity contribution is 7.90. The predicted molar refractivity (Wildman–Crippen MR) is 264 cm³/mol. The molecule has 0 unspecified atom stereocenters. The molecule has 7 aromatic rings. The minimum Gasteiger partial charge on any atom is -0.455 e. The number of rotatable bonds is 15. The first-order valence-corrected chi connectivity index (χ1v) is 24.2. The van der Waals surface area contributed by atoms with Crippen LogP contribution in [0.5, 0.6) is 11.5 Å². The van der Waals surface area contributed by atoms with Gasteiger partial charge in [-0.25, -0.2) is 28.1 Å². The number of benzene rings is 4. The van der Waals surface area contributed by atoms with Crippen LogP contribution in [0.2, 0.25) is 5.02 Å². The molecule has 1 amide bonds. The average molecular weight is 950 g/mol. The maximum atomic E-state index is 14.0. The van der Waals surface area contributed by atoms with E-state index in [9.17, 15) is 23.3 Å². The highest BCUT2D eigenvalue weighted by Gasteiger charge is 2.30. The highest BCUT2D eigenvalue weighted by atomic mass is 35.5. The zero-order valence-corrected chi connectivity index (χ0v) is 39.1. The van der Waals surface area contributed by atoms with E-state index < -0.39 is 31.4 Å². The summed E-state index contributed by atoms with van der Waals surface area (Å²) in [6.07, 6.45) is 11.6. The summed E-state index contributed by atoms with van der Waals surface area (Å²) >= 11 is 6.25. The van der Waals surface area contributed by atoms with Gasteiger partial charge >= 0.3 is 0 Å². The zero-order chi connectivity index (χ0) is 47.4. The molecule has 0 saturated heterocycles. The summed E-state index contributed by atoms with van der Waals surface area (Å²) < 4.78 is 36.1. The summed E-state index contributed by atoms with van der Waals surface area (Å²) in [5.74, 6) is -0.142. The number of H-pyrrole nitrogens is 1. The van der Waals surface area contributed by atoms with Crippen LogP contribution in [-0.4, -0.2) is 63.7 Å². The van der Waals surface area contributed by atoms with Gasteiger partial charge in [0.05, 0.1) is 28.1 Å². The van der Waals surface area contributed by atoms with Gasteiger partial charge in [0.2, 0.25) is 0 Å². The first-order valence-electron chi connectivity index (χ1n) is 22.3. The van der Waals surface area contributed by atoms with Crippen LogP contribution in [0.15, 0.2) is 144 Å². The van der Waals surface area contributed by atoms with Gasteiger partial charge in [0.15, 0.2) is 0 Å². The Kier molecular flexibility index (Phi) is 13.2. The molecular formula is C52H49ClN8O6S. The van der Waals surface area contributed by atoms with E-state index in [0.29, 0.717) is 23.6 Å². The molecular weight excluding hydrogens is 900 g/mol. The smallest absolute Gasteiger partial charge is 0.293 e. The van der Waals surface area contributed by atoms with E-state index in [1.165, 1.54) is 41.1 Å². The summed E-state index contributed by atoms with van der Waals surface area (Å²) in [5.41, 5.74) is 8.13. The molecule has 0 fully saturated rings. The van der Waals surface area contributed by atoms with E-state index in [2.05, 4.69) is 66.9 Å². The van der Waals surface area contributed by atoms with Gasteiger partial charge in [0.25, 0.3) is 21.6 Å². The number of fused-ring (bicyclic) bond motifs is 1. The number of hydrogen-bond donors (Lipinski definition) is 3. The van der Waals surface area contributed by atoms with Crippen molar-refractivity contribution in [3.05, 3.63) is 188 Å². The third-order valence-corrected chi connectivity index (χ3v) is 14.0. The largest absolute Gasteiger partial charge is 0.455 e. The monoisotopic (exact) mass is 948 g/mol.